The molecule has 0 unspecified atom stereocenters. The molecular weight excluding hydrogens is 402 g/mol. The Labute approximate surface area is 181 Å². The first-order valence-electron chi connectivity index (χ1n) is 9.34. The lowest BCUT2D eigenvalue weighted by molar-refractivity contribution is -0.113. The van der Waals surface area contributed by atoms with Crippen LogP contribution in [-0.4, -0.2) is 32.3 Å². The lowest BCUT2D eigenvalue weighted by Crippen LogP contribution is -2.45. The molecule has 0 saturated carbocycles. The van der Waals surface area contributed by atoms with Crippen molar-refractivity contribution < 1.29 is 19.0 Å². The van der Waals surface area contributed by atoms with Gasteiger partial charge in [0.15, 0.2) is 16.6 Å². The molecule has 30 heavy (non-hydrogen) atoms. The number of carbonyl (C=O) groups is 1. The summed E-state index contributed by atoms with van der Waals surface area (Å²) in [5, 5.41) is 9.60. The summed E-state index contributed by atoms with van der Waals surface area (Å²) >= 11 is 5.34. The van der Waals surface area contributed by atoms with Crippen LogP contribution in [0.15, 0.2) is 47.7 Å². The number of thiocarbonyl (C=S) groups is 1. The molecule has 1 heterocycles. The minimum atomic E-state index is -0.502. The normalized spacial score (nSPS) is 15.8. The van der Waals surface area contributed by atoms with Crippen molar-refractivity contribution in [3.8, 4) is 17.2 Å². The van der Waals surface area contributed by atoms with Crippen molar-refractivity contribution in [3.05, 3.63) is 58.8 Å². The molecule has 0 bridgehead atoms. The maximum absolute atomic E-state index is 13.2. The van der Waals surface area contributed by atoms with Gasteiger partial charge in [0.05, 0.1) is 32.9 Å². The Bertz CT molecular complexity index is 977. The third-order valence-electron chi connectivity index (χ3n) is 4.84. The Morgan fingerprint density at radius 1 is 1.00 bits per heavy atom. The summed E-state index contributed by atoms with van der Waals surface area (Å²) in [6, 6.07) is 10.7. The highest BCUT2D eigenvalue weighted by Gasteiger charge is 2.31. The van der Waals surface area contributed by atoms with E-state index in [0.29, 0.717) is 39.3 Å². The smallest absolute Gasteiger partial charge is 0.255 e. The van der Waals surface area contributed by atoms with Crippen LogP contribution < -0.4 is 30.2 Å². The first-order chi connectivity index (χ1) is 14.4. The summed E-state index contributed by atoms with van der Waals surface area (Å²) < 4.78 is 16.3. The second-order valence-corrected chi connectivity index (χ2v) is 7.26. The van der Waals surface area contributed by atoms with Gasteiger partial charge >= 0.3 is 0 Å². The van der Waals surface area contributed by atoms with E-state index in [2.05, 4.69) is 16.0 Å². The molecule has 8 heteroatoms. The van der Waals surface area contributed by atoms with Crippen molar-refractivity contribution in [2.75, 3.05) is 26.6 Å². The van der Waals surface area contributed by atoms with E-state index < -0.39 is 6.04 Å². The van der Waals surface area contributed by atoms with E-state index in [0.717, 1.165) is 11.1 Å². The van der Waals surface area contributed by atoms with Gasteiger partial charge in [-0.05, 0) is 55.9 Å². The maximum Gasteiger partial charge on any atom is 0.255 e. The van der Waals surface area contributed by atoms with Crippen molar-refractivity contribution in [2.24, 2.45) is 0 Å². The summed E-state index contributed by atoms with van der Waals surface area (Å²) in [6.07, 6.45) is 0. The number of hydrogen-bond acceptors (Lipinski definition) is 5. The van der Waals surface area contributed by atoms with Gasteiger partial charge in [0.25, 0.3) is 5.91 Å². The lowest BCUT2D eigenvalue weighted by Gasteiger charge is -2.31. The molecule has 2 aromatic carbocycles. The number of hydrogen-bond donors (Lipinski definition) is 3. The number of ether oxygens (including phenoxy) is 3. The zero-order valence-corrected chi connectivity index (χ0v) is 18.4. The molecule has 3 N–H and O–H groups in total. The van der Waals surface area contributed by atoms with Crippen molar-refractivity contribution in [2.45, 2.75) is 19.9 Å². The van der Waals surface area contributed by atoms with E-state index in [4.69, 9.17) is 26.4 Å². The topological polar surface area (TPSA) is 80.9 Å². The summed E-state index contributed by atoms with van der Waals surface area (Å²) in [5.41, 5.74) is 3.76. The molecule has 1 atom stereocenters. The predicted molar refractivity (Wildman–Crippen MR) is 120 cm³/mol. The fraction of sp³-hybridized carbons (Fsp3) is 0.273. The predicted octanol–water partition coefficient (Wildman–Crippen LogP) is 3.45. The minimum absolute atomic E-state index is 0.238. The van der Waals surface area contributed by atoms with E-state index in [1.54, 1.807) is 33.5 Å². The van der Waals surface area contributed by atoms with Gasteiger partial charge in [-0.2, -0.15) is 0 Å². The van der Waals surface area contributed by atoms with Crippen LogP contribution in [0.2, 0.25) is 0 Å². The zero-order chi connectivity index (χ0) is 21.8. The van der Waals surface area contributed by atoms with Crippen LogP contribution in [0.25, 0.3) is 0 Å². The fourth-order valence-electron chi connectivity index (χ4n) is 3.35. The van der Waals surface area contributed by atoms with Gasteiger partial charge in [-0.1, -0.05) is 17.7 Å². The quantitative estimate of drug-likeness (QED) is 0.609. The Hall–Kier alpha value is -3.26. The monoisotopic (exact) mass is 427 g/mol. The van der Waals surface area contributed by atoms with Crippen LogP contribution in [0, 0.1) is 6.92 Å². The third-order valence-corrected chi connectivity index (χ3v) is 5.06. The van der Waals surface area contributed by atoms with E-state index >= 15 is 0 Å². The first kappa shape index (κ1) is 21.4. The highest BCUT2D eigenvalue weighted by atomic mass is 32.1. The zero-order valence-electron chi connectivity index (χ0n) is 17.6. The van der Waals surface area contributed by atoms with Gasteiger partial charge < -0.3 is 30.2 Å². The minimum Gasteiger partial charge on any atom is -0.493 e. The number of nitrogens with one attached hydrogen (secondary N) is 3. The number of aryl methyl sites for hydroxylation is 1. The maximum atomic E-state index is 13.2. The Kier molecular flexibility index (Phi) is 6.47. The lowest BCUT2D eigenvalue weighted by atomic mass is 9.94. The van der Waals surface area contributed by atoms with Crippen LogP contribution in [-0.2, 0) is 4.79 Å². The molecule has 1 amide bonds. The van der Waals surface area contributed by atoms with E-state index in [-0.39, 0.29) is 5.91 Å². The molecule has 0 aliphatic carbocycles. The number of benzene rings is 2. The van der Waals surface area contributed by atoms with Crippen LogP contribution in [0.3, 0.4) is 0 Å². The number of anilines is 1. The first-order valence-corrected chi connectivity index (χ1v) is 9.75. The number of carbonyl (C=O) groups excluding carboxylic acids is 1. The van der Waals surface area contributed by atoms with Crippen LogP contribution in [0.1, 0.15) is 24.1 Å². The summed E-state index contributed by atoms with van der Waals surface area (Å²) in [6.45, 7) is 3.82. The highest BCUT2D eigenvalue weighted by Crippen LogP contribution is 2.41. The largest absolute Gasteiger partial charge is 0.493 e. The number of methoxy groups -OCH3 is 3. The SMILES string of the molecule is COc1cc([C@H]2NC(=S)NC(C)=C2C(=O)Nc2ccc(C)cc2)cc(OC)c1OC. The molecule has 3 rings (SSSR count). The van der Waals surface area contributed by atoms with Crippen LogP contribution >= 0.6 is 12.2 Å². The molecule has 7 nitrogen and oxygen atoms in total. The van der Waals surface area contributed by atoms with Gasteiger partial charge in [0.2, 0.25) is 5.75 Å². The average molecular weight is 428 g/mol. The Morgan fingerprint density at radius 3 is 2.13 bits per heavy atom. The molecule has 0 saturated heterocycles. The van der Waals surface area contributed by atoms with Gasteiger partial charge in [0.1, 0.15) is 0 Å². The van der Waals surface area contributed by atoms with Gasteiger partial charge in [-0.15, -0.1) is 0 Å². The van der Waals surface area contributed by atoms with Crippen molar-refractivity contribution in [1.82, 2.24) is 10.6 Å². The molecule has 0 spiro atoms. The van der Waals surface area contributed by atoms with E-state index in [9.17, 15) is 4.79 Å². The molecule has 0 radical (unpaired) electrons. The second-order valence-electron chi connectivity index (χ2n) is 6.85. The van der Waals surface area contributed by atoms with E-state index in [1.165, 1.54) is 0 Å². The van der Waals surface area contributed by atoms with Gasteiger partial charge in [0, 0.05) is 11.4 Å². The van der Waals surface area contributed by atoms with Crippen molar-refractivity contribution in [1.29, 1.82) is 0 Å². The number of allylic oxidation sites excluding steroid dienone is 1. The van der Waals surface area contributed by atoms with Gasteiger partial charge in [-0.3, -0.25) is 4.79 Å². The molecule has 0 fully saturated rings. The highest BCUT2D eigenvalue weighted by molar-refractivity contribution is 7.80. The van der Waals surface area contributed by atoms with Gasteiger partial charge in [-0.25, -0.2) is 0 Å². The van der Waals surface area contributed by atoms with Crippen molar-refractivity contribution >= 4 is 28.9 Å². The number of rotatable bonds is 6. The van der Waals surface area contributed by atoms with Crippen LogP contribution in [0.5, 0.6) is 17.2 Å². The summed E-state index contributed by atoms with van der Waals surface area (Å²) in [4.78, 5) is 13.2. The van der Waals surface area contributed by atoms with E-state index in [1.807, 2.05) is 38.1 Å². The second kappa shape index (κ2) is 9.04. The Morgan fingerprint density at radius 2 is 1.60 bits per heavy atom. The molecule has 1 aliphatic heterocycles. The Balaban J connectivity index is 2.03. The molecular formula is C22H25N3O4S. The van der Waals surface area contributed by atoms with Crippen LogP contribution in [0.4, 0.5) is 5.69 Å². The molecule has 2 aromatic rings. The molecule has 1 aliphatic rings. The number of amides is 1. The van der Waals surface area contributed by atoms with Crippen molar-refractivity contribution in [3.63, 3.8) is 0 Å². The summed E-state index contributed by atoms with van der Waals surface area (Å²) in [7, 11) is 4.64. The average Bonchev–Trinajstić information content (AvgIpc) is 2.73. The molecule has 158 valence electrons. The third kappa shape index (κ3) is 4.33. The standard InChI is InChI=1S/C22H25N3O4S/c1-12-6-8-15(9-7-12)24-21(26)18-13(2)23-22(30)25-19(18)14-10-16(27-3)20(29-5)17(11-14)28-4/h6-11,19H,1-5H3,(H,24,26)(H2,23,25,30)/t19-/m1/s1. The fourth-order valence-corrected chi connectivity index (χ4v) is 3.62. The summed E-state index contributed by atoms with van der Waals surface area (Å²) in [5.74, 6) is 1.23. The molecule has 0 aromatic heterocycles.